The van der Waals surface area contributed by atoms with Crippen LogP contribution in [0.2, 0.25) is 0 Å². The molecule has 0 aromatic heterocycles. The van der Waals surface area contributed by atoms with Crippen molar-refractivity contribution in [2.24, 2.45) is 0 Å². The second kappa shape index (κ2) is 7.13. The number of fused-ring (bicyclic) bond motifs is 1. The second-order valence-corrected chi connectivity index (χ2v) is 8.28. The lowest BCUT2D eigenvalue weighted by atomic mass is 10.0. The number of rotatable bonds is 4. The highest BCUT2D eigenvalue weighted by atomic mass is 32.2. The van der Waals surface area contributed by atoms with Gasteiger partial charge in [0.1, 0.15) is 17.2 Å². The Hall–Kier alpha value is -2.32. The van der Waals surface area contributed by atoms with Crippen LogP contribution in [-0.4, -0.2) is 30.9 Å². The van der Waals surface area contributed by atoms with Crippen LogP contribution in [0, 0.1) is 11.6 Å². The number of carbonyl (C=O) groups is 1. The van der Waals surface area contributed by atoms with E-state index in [1.54, 1.807) is 25.1 Å². The number of benzene rings is 2. The molecule has 8 heteroatoms. The monoisotopic (exact) mass is 380 g/mol. The summed E-state index contributed by atoms with van der Waals surface area (Å²) in [5, 5.41) is 2.47. The van der Waals surface area contributed by atoms with Crippen molar-refractivity contribution >= 4 is 21.6 Å². The Morgan fingerprint density at radius 1 is 1.15 bits per heavy atom. The minimum absolute atomic E-state index is 0.0192. The van der Waals surface area contributed by atoms with E-state index in [1.165, 1.54) is 10.4 Å². The summed E-state index contributed by atoms with van der Waals surface area (Å²) in [5.74, 6) is -2.76. The first-order chi connectivity index (χ1) is 12.3. The van der Waals surface area contributed by atoms with Crippen LogP contribution in [0.1, 0.15) is 28.4 Å². The Kier molecular flexibility index (Phi) is 5.06. The van der Waals surface area contributed by atoms with E-state index in [0.29, 0.717) is 18.7 Å². The molecule has 138 valence electrons. The number of nitrogens with one attached hydrogen (secondary N) is 1. The average Bonchev–Trinajstić information content (AvgIpc) is 2.61. The summed E-state index contributed by atoms with van der Waals surface area (Å²) in [6, 6.07) is 8.28. The van der Waals surface area contributed by atoms with Crippen LogP contribution in [0.15, 0.2) is 36.4 Å². The molecule has 5 nitrogen and oxygen atoms in total. The maximum absolute atomic E-state index is 13.7. The van der Waals surface area contributed by atoms with E-state index in [2.05, 4.69) is 5.32 Å². The summed E-state index contributed by atoms with van der Waals surface area (Å²) in [6.07, 6.45) is 0.574. The van der Waals surface area contributed by atoms with Crippen molar-refractivity contribution < 1.29 is 22.0 Å². The number of carbonyl (C=O) groups excluding carboxylic acids is 1. The fourth-order valence-corrected chi connectivity index (χ4v) is 4.01. The lowest BCUT2D eigenvalue weighted by Crippen LogP contribution is -2.36. The van der Waals surface area contributed by atoms with Crippen LogP contribution in [0.3, 0.4) is 0 Å². The van der Waals surface area contributed by atoms with Gasteiger partial charge in [-0.05, 0) is 48.7 Å². The average molecular weight is 380 g/mol. The molecule has 1 N–H and O–H groups in total. The van der Waals surface area contributed by atoms with E-state index in [4.69, 9.17) is 0 Å². The highest BCUT2D eigenvalue weighted by Gasteiger charge is 2.25. The Bertz CT molecular complexity index is 941. The predicted octanol–water partition coefficient (Wildman–Crippen LogP) is 2.92. The molecule has 0 saturated carbocycles. The van der Waals surface area contributed by atoms with E-state index in [-0.39, 0.29) is 12.3 Å². The van der Waals surface area contributed by atoms with Gasteiger partial charge < -0.3 is 5.32 Å². The standard InChI is InChI=1S/C18H18F2N2O3S/c1-2-26(24,25)22-9-8-12-6-7-14(10-13(12)11-22)21-18(23)17-15(19)4-3-5-16(17)20/h3-7,10H,2,8-9,11H2,1H3,(H,21,23). The lowest BCUT2D eigenvalue weighted by Gasteiger charge is -2.28. The number of anilines is 1. The fourth-order valence-electron chi connectivity index (χ4n) is 2.94. The van der Waals surface area contributed by atoms with Crippen molar-refractivity contribution in [1.82, 2.24) is 4.31 Å². The first kappa shape index (κ1) is 18.5. The zero-order valence-electron chi connectivity index (χ0n) is 14.1. The molecule has 1 heterocycles. The summed E-state index contributed by atoms with van der Waals surface area (Å²) in [5.41, 5.74) is 1.45. The molecule has 3 rings (SSSR count). The highest BCUT2D eigenvalue weighted by molar-refractivity contribution is 7.89. The highest BCUT2D eigenvalue weighted by Crippen LogP contribution is 2.25. The molecular weight excluding hydrogens is 362 g/mol. The molecule has 2 aromatic carbocycles. The molecule has 0 saturated heterocycles. The van der Waals surface area contributed by atoms with Crippen molar-refractivity contribution in [3.63, 3.8) is 0 Å². The smallest absolute Gasteiger partial charge is 0.261 e. The van der Waals surface area contributed by atoms with E-state index in [0.717, 1.165) is 23.3 Å². The van der Waals surface area contributed by atoms with Gasteiger partial charge in [-0.3, -0.25) is 4.79 Å². The quantitative estimate of drug-likeness (QED) is 0.887. The van der Waals surface area contributed by atoms with Crippen LogP contribution in [0.5, 0.6) is 0 Å². The van der Waals surface area contributed by atoms with Crippen molar-refractivity contribution in [3.8, 4) is 0 Å². The first-order valence-electron chi connectivity index (χ1n) is 8.17. The number of hydrogen-bond acceptors (Lipinski definition) is 3. The van der Waals surface area contributed by atoms with Gasteiger partial charge in [0.15, 0.2) is 0 Å². The van der Waals surface area contributed by atoms with E-state index >= 15 is 0 Å². The van der Waals surface area contributed by atoms with Crippen molar-refractivity contribution in [3.05, 3.63) is 64.7 Å². The SMILES string of the molecule is CCS(=O)(=O)N1CCc2ccc(NC(=O)c3c(F)cccc3F)cc2C1. The van der Waals surface area contributed by atoms with Crippen LogP contribution in [0.25, 0.3) is 0 Å². The maximum atomic E-state index is 13.7. The van der Waals surface area contributed by atoms with Gasteiger partial charge >= 0.3 is 0 Å². The summed E-state index contributed by atoms with van der Waals surface area (Å²) in [7, 11) is -3.31. The van der Waals surface area contributed by atoms with Crippen LogP contribution >= 0.6 is 0 Å². The molecule has 2 aromatic rings. The minimum Gasteiger partial charge on any atom is -0.322 e. The Morgan fingerprint density at radius 2 is 1.85 bits per heavy atom. The Balaban J connectivity index is 1.84. The molecule has 0 aliphatic carbocycles. The fraction of sp³-hybridized carbons (Fsp3) is 0.278. The molecule has 0 atom stereocenters. The van der Waals surface area contributed by atoms with Gasteiger partial charge in [0.2, 0.25) is 10.0 Å². The molecule has 0 radical (unpaired) electrons. The zero-order valence-corrected chi connectivity index (χ0v) is 14.9. The summed E-state index contributed by atoms with van der Waals surface area (Å²) < 4.78 is 53.0. The Labute approximate surface area is 150 Å². The van der Waals surface area contributed by atoms with Gasteiger partial charge in [-0.2, -0.15) is 4.31 Å². The molecule has 1 aliphatic rings. The molecule has 1 amide bonds. The van der Waals surface area contributed by atoms with Crippen LogP contribution in [0.4, 0.5) is 14.5 Å². The summed E-state index contributed by atoms with van der Waals surface area (Å²) in [6.45, 7) is 2.21. The number of amides is 1. The van der Waals surface area contributed by atoms with E-state index < -0.39 is 33.1 Å². The number of halogens is 2. The number of sulfonamides is 1. The minimum atomic E-state index is -3.31. The third kappa shape index (κ3) is 3.61. The number of nitrogens with zero attached hydrogens (tertiary/aromatic N) is 1. The molecule has 0 spiro atoms. The van der Waals surface area contributed by atoms with Crippen LogP contribution in [-0.2, 0) is 23.0 Å². The normalized spacial score (nSPS) is 14.7. The van der Waals surface area contributed by atoms with Gasteiger partial charge in [-0.15, -0.1) is 0 Å². The molecule has 1 aliphatic heterocycles. The second-order valence-electron chi connectivity index (χ2n) is 6.02. The van der Waals surface area contributed by atoms with E-state index in [9.17, 15) is 22.0 Å². The topological polar surface area (TPSA) is 66.5 Å². The lowest BCUT2D eigenvalue weighted by molar-refractivity contribution is 0.101. The molecule has 26 heavy (non-hydrogen) atoms. The molecular formula is C18H18F2N2O3S. The van der Waals surface area contributed by atoms with Crippen molar-refractivity contribution in [2.75, 3.05) is 17.6 Å². The predicted molar refractivity (Wildman–Crippen MR) is 94.3 cm³/mol. The third-order valence-corrected chi connectivity index (χ3v) is 6.22. The molecule has 0 bridgehead atoms. The van der Waals surface area contributed by atoms with Crippen molar-refractivity contribution in [1.29, 1.82) is 0 Å². The third-order valence-electron chi connectivity index (χ3n) is 4.39. The van der Waals surface area contributed by atoms with Gasteiger partial charge in [-0.1, -0.05) is 12.1 Å². The first-order valence-corrected chi connectivity index (χ1v) is 9.77. The zero-order chi connectivity index (χ0) is 18.9. The Morgan fingerprint density at radius 3 is 2.50 bits per heavy atom. The van der Waals surface area contributed by atoms with Gasteiger partial charge in [0.25, 0.3) is 5.91 Å². The number of hydrogen-bond donors (Lipinski definition) is 1. The van der Waals surface area contributed by atoms with Gasteiger partial charge in [-0.25, -0.2) is 17.2 Å². The van der Waals surface area contributed by atoms with E-state index in [1.807, 2.05) is 0 Å². The van der Waals surface area contributed by atoms with Gasteiger partial charge in [0, 0.05) is 18.8 Å². The summed E-state index contributed by atoms with van der Waals surface area (Å²) >= 11 is 0. The largest absolute Gasteiger partial charge is 0.322 e. The van der Waals surface area contributed by atoms with Gasteiger partial charge in [0.05, 0.1) is 5.75 Å². The maximum Gasteiger partial charge on any atom is 0.261 e. The molecule has 0 unspecified atom stereocenters. The molecule has 0 fully saturated rings. The van der Waals surface area contributed by atoms with Crippen molar-refractivity contribution in [2.45, 2.75) is 19.9 Å². The van der Waals surface area contributed by atoms with Crippen LogP contribution < -0.4 is 5.32 Å². The summed E-state index contributed by atoms with van der Waals surface area (Å²) in [4.78, 5) is 12.2.